The molecule has 0 amide bonds. The van der Waals surface area contributed by atoms with E-state index >= 15 is 0 Å². The number of ether oxygens (including phenoxy) is 2. The van der Waals surface area contributed by atoms with E-state index in [4.69, 9.17) is 21.7 Å². The number of Topliss-reactive ketones (excluding diaryl/α,β-unsaturated/α-hetero) is 1. The molecule has 2 aliphatic rings. The molecular formula is C21H22N2O3S. The van der Waals surface area contributed by atoms with E-state index in [-0.39, 0.29) is 5.78 Å². The van der Waals surface area contributed by atoms with Crippen molar-refractivity contribution in [2.75, 3.05) is 25.5 Å². The smallest absolute Gasteiger partial charge is 0.173 e. The number of benzene rings is 2. The first kappa shape index (κ1) is 17.8. The molecule has 0 aromatic heterocycles. The van der Waals surface area contributed by atoms with Crippen LogP contribution in [0.3, 0.4) is 0 Å². The number of fused-ring (bicyclic) bond motifs is 1. The third-order valence-electron chi connectivity index (χ3n) is 5.28. The van der Waals surface area contributed by atoms with Gasteiger partial charge >= 0.3 is 0 Å². The van der Waals surface area contributed by atoms with Crippen LogP contribution >= 0.6 is 12.2 Å². The van der Waals surface area contributed by atoms with Crippen LogP contribution in [-0.4, -0.2) is 41.6 Å². The number of carbonyl (C=O) groups is 1. The van der Waals surface area contributed by atoms with E-state index in [2.05, 4.69) is 10.2 Å². The number of piperidine rings is 1. The number of nitrogens with one attached hydrogen (secondary N) is 1. The predicted octanol–water partition coefficient (Wildman–Crippen LogP) is 3.89. The van der Waals surface area contributed by atoms with Crippen LogP contribution in [0.2, 0.25) is 0 Å². The second-order valence-corrected chi connectivity index (χ2v) is 7.42. The summed E-state index contributed by atoms with van der Waals surface area (Å²) < 4.78 is 11.5. The molecule has 2 aliphatic heterocycles. The Labute approximate surface area is 164 Å². The summed E-state index contributed by atoms with van der Waals surface area (Å²) in [6.07, 6.45) is 1.93. The number of ketones is 1. The molecule has 0 bridgehead atoms. The lowest BCUT2D eigenvalue weighted by atomic mass is 9.82. The van der Waals surface area contributed by atoms with Crippen LogP contribution in [0.25, 0.3) is 0 Å². The Balaban J connectivity index is 1.42. The molecule has 0 radical (unpaired) electrons. The van der Waals surface area contributed by atoms with Gasteiger partial charge in [0.1, 0.15) is 17.1 Å². The minimum atomic E-state index is -0.433. The SMILES string of the molecule is COc1ccc2c(c1)C(=O)CC1(CCN(C(=S)Nc3ccccc3)CC1)O2. The predicted molar refractivity (Wildman–Crippen MR) is 109 cm³/mol. The van der Waals surface area contributed by atoms with Crippen LogP contribution in [-0.2, 0) is 0 Å². The highest BCUT2D eigenvalue weighted by Gasteiger charge is 2.43. The maximum atomic E-state index is 12.7. The zero-order chi connectivity index (χ0) is 18.9. The van der Waals surface area contributed by atoms with Gasteiger partial charge in [-0.2, -0.15) is 0 Å². The number of hydrogen-bond acceptors (Lipinski definition) is 4. The summed E-state index contributed by atoms with van der Waals surface area (Å²) in [6, 6.07) is 15.3. The van der Waals surface area contributed by atoms with Crippen molar-refractivity contribution in [1.82, 2.24) is 4.90 Å². The second kappa shape index (κ2) is 7.19. The van der Waals surface area contributed by atoms with Crippen LogP contribution in [0.1, 0.15) is 29.6 Å². The first-order valence-corrected chi connectivity index (χ1v) is 9.51. The third-order valence-corrected chi connectivity index (χ3v) is 5.64. The van der Waals surface area contributed by atoms with Crippen LogP contribution in [0, 0.1) is 0 Å². The average molecular weight is 382 g/mol. The fourth-order valence-corrected chi connectivity index (χ4v) is 4.02. The van der Waals surface area contributed by atoms with E-state index < -0.39 is 5.60 Å². The molecule has 6 heteroatoms. The lowest BCUT2D eigenvalue weighted by Crippen LogP contribution is -2.53. The molecule has 0 unspecified atom stereocenters. The number of thiocarbonyl (C=S) groups is 1. The van der Waals surface area contributed by atoms with Gasteiger partial charge in [0.05, 0.1) is 19.1 Å². The first-order chi connectivity index (χ1) is 13.1. The van der Waals surface area contributed by atoms with Gasteiger partial charge in [-0.25, -0.2) is 0 Å². The lowest BCUT2D eigenvalue weighted by Gasteiger charge is -2.44. The molecular weight excluding hydrogens is 360 g/mol. The summed E-state index contributed by atoms with van der Waals surface area (Å²) in [5.41, 5.74) is 1.16. The van der Waals surface area contributed by atoms with E-state index in [1.54, 1.807) is 13.2 Å². The molecule has 2 aromatic carbocycles. The normalized spacial score (nSPS) is 17.8. The van der Waals surface area contributed by atoms with Gasteiger partial charge < -0.3 is 19.7 Å². The quantitative estimate of drug-likeness (QED) is 0.796. The highest BCUT2D eigenvalue weighted by molar-refractivity contribution is 7.80. The number of nitrogens with zero attached hydrogens (tertiary/aromatic N) is 1. The largest absolute Gasteiger partial charge is 0.497 e. The van der Waals surface area contributed by atoms with Crippen molar-refractivity contribution in [3.8, 4) is 11.5 Å². The zero-order valence-electron chi connectivity index (χ0n) is 15.2. The van der Waals surface area contributed by atoms with Crippen LogP contribution < -0.4 is 14.8 Å². The van der Waals surface area contributed by atoms with Gasteiger partial charge in [-0.15, -0.1) is 0 Å². The highest BCUT2D eigenvalue weighted by Crippen LogP contribution is 2.40. The molecule has 0 saturated carbocycles. The topological polar surface area (TPSA) is 50.8 Å². The van der Waals surface area contributed by atoms with E-state index in [1.807, 2.05) is 42.5 Å². The van der Waals surface area contributed by atoms with Gasteiger partial charge in [0, 0.05) is 31.6 Å². The highest BCUT2D eigenvalue weighted by atomic mass is 32.1. The van der Waals surface area contributed by atoms with E-state index in [9.17, 15) is 4.79 Å². The second-order valence-electron chi connectivity index (χ2n) is 7.03. The number of anilines is 1. The van der Waals surface area contributed by atoms with Crippen molar-refractivity contribution >= 4 is 28.8 Å². The minimum absolute atomic E-state index is 0.119. The molecule has 0 aliphatic carbocycles. The number of hydrogen-bond donors (Lipinski definition) is 1. The van der Waals surface area contributed by atoms with Gasteiger partial charge in [0.2, 0.25) is 0 Å². The summed E-state index contributed by atoms with van der Waals surface area (Å²) in [5.74, 6) is 1.45. The molecule has 1 spiro atoms. The molecule has 27 heavy (non-hydrogen) atoms. The first-order valence-electron chi connectivity index (χ1n) is 9.10. The molecule has 140 valence electrons. The maximum Gasteiger partial charge on any atom is 0.173 e. The molecule has 4 rings (SSSR count). The number of carbonyl (C=O) groups excluding carboxylic acids is 1. The van der Waals surface area contributed by atoms with Crippen molar-refractivity contribution in [2.45, 2.75) is 24.9 Å². The molecule has 2 aromatic rings. The Bertz CT molecular complexity index is 861. The van der Waals surface area contributed by atoms with Crippen molar-refractivity contribution in [3.63, 3.8) is 0 Å². The Kier molecular flexibility index (Phi) is 4.74. The van der Waals surface area contributed by atoms with E-state index in [0.717, 1.165) is 31.6 Å². The van der Waals surface area contributed by atoms with Crippen molar-refractivity contribution in [1.29, 1.82) is 0 Å². The Morgan fingerprint density at radius 2 is 1.93 bits per heavy atom. The number of rotatable bonds is 2. The zero-order valence-corrected chi connectivity index (χ0v) is 16.1. The van der Waals surface area contributed by atoms with Crippen molar-refractivity contribution < 1.29 is 14.3 Å². The molecule has 2 heterocycles. The maximum absolute atomic E-state index is 12.7. The van der Waals surface area contributed by atoms with Crippen LogP contribution in [0.15, 0.2) is 48.5 Å². The summed E-state index contributed by atoms with van der Waals surface area (Å²) in [6.45, 7) is 1.52. The van der Waals surface area contributed by atoms with Gasteiger partial charge in [0.25, 0.3) is 0 Å². The van der Waals surface area contributed by atoms with E-state index in [1.165, 1.54) is 0 Å². The minimum Gasteiger partial charge on any atom is -0.497 e. The number of methoxy groups -OCH3 is 1. The monoisotopic (exact) mass is 382 g/mol. The molecule has 5 nitrogen and oxygen atoms in total. The van der Waals surface area contributed by atoms with Gasteiger partial charge in [0.15, 0.2) is 10.9 Å². The molecule has 1 saturated heterocycles. The summed E-state index contributed by atoms with van der Waals surface area (Å²) in [4.78, 5) is 14.8. The fraction of sp³-hybridized carbons (Fsp3) is 0.333. The van der Waals surface area contributed by atoms with Crippen LogP contribution in [0.5, 0.6) is 11.5 Å². The fourth-order valence-electron chi connectivity index (χ4n) is 3.72. The summed E-state index contributed by atoms with van der Waals surface area (Å²) >= 11 is 5.55. The average Bonchev–Trinajstić information content (AvgIpc) is 2.69. The van der Waals surface area contributed by atoms with Gasteiger partial charge in [-0.1, -0.05) is 18.2 Å². The molecule has 1 fully saturated rings. The Hall–Kier alpha value is -2.60. The Morgan fingerprint density at radius 1 is 1.19 bits per heavy atom. The summed E-state index contributed by atoms with van der Waals surface area (Å²) in [7, 11) is 1.60. The number of likely N-dealkylation sites (tertiary alicyclic amines) is 1. The molecule has 1 N–H and O–H groups in total. The standard InChI is InChI=1S/C21H22N2O3S/c1-25-16-7-8-19-17(13-16)18(24)14-21(26-19)9-11-23(12-10-21)20(27)22-15-5-3-2-4-6-15/h2-8,13H,9-12,14H2,1H3,(H,22,27). The van der Waals surface area contributed by atoms with E-state index in [0.29, 0.717) is 28.6 Å². The lowest BCUT2D eigenvalue weighted by molar-refractivity contribution is 0.00400. The van der Waals surface area contributed by atoms with Crippen molar-refractivity contribution in [2.24, 2.45) is 0 Å². The number of para-hydroxylation sites is 1. The van der Waals surface area contributed by atoms with Crippen LogP contribution in [0.4, 0.5) is 5.69 Å². The summed E-state index contributed by atoms with van der Waals surface area (Å²) in [5, 5.41) is 3.99. The Morgan fingerprint density at radius 3 is 2.63 bits per heavy atom. The van der Waals surface area contributed by atoms with Crippen molar-refractivity contribution in [3.05, 3.63) is 54.1 Å². The van der Waals surface area contributed by atoms with Gasteiger partial charge in [-0.3, -0.25) is 4.79 Å². The molecule has 0 atom stereocenters. The third kappa shape index (κ3) is 3.62. The van der Waals surface area contributed by atoms with Gasteiger partial charge in [-0.05, 0) is 42.5 Å².